The van der Waals surface area contributed by atoms with Crippen LogP contribution >= 0.6 is 0 Å². The Kier molecular flexibility index (Phi) is 19.7. The number of hydrogen-bond donors (Lipinski definition) is 7. The van der Waals surface area contributed by atoms with Crippen LogP contribution in [-0.4, -0.2) is 83.9 Å². The molecule has 5 amide bonds. The van der Waals surface area contributed by atoms with Crippen LogP contribution in [0.5, 0.6) is 0 Å². The van der Waals surface area contributed by atoms with E-state index in [1.54, 1.807) is 6.92 Å². The highest BCUT2D eigenvalue weighted by molar-refractivity contribution is 5.92. The Balaban J connectivity index is 3.05. The van der Waals surface area contributed by atoms with E-state index in [4.69, 9.17) is 5.11 Å². The van der Waals surface area contributed by atoms with Crippen LogP contribution in [0.25, 0.3) is 0 Å². The van der Waals surface area contributed by atoms with Crippen LogP contribution in [0.15, 0.2) is 30.3 Å². The molecule has 1 aromatic carbocycles. The van der Waals surface area contributed by atoms with E-state index in [1.165, 1.54) is 0 Å². The molecule has 13 nitrogen and oxygen atoms in total. The smallest absolute Gasteiger partial charge is 0.303 e. The molecule has 0 spiro atoms. The molecule has 0 aliphatic rings. The van der Waals surface area contributed by atoms with Crippen molar-refractivity contribution in [2.45, 2.75) is 124 Å². The van der Waals surface area contributed by atoms with Gasteiger partial charge in [-0.05, 0) is 50.5 Å². The first-order chi connectivity index (χ1) is 22.7. The fourth-order valence-electron chi connectivity index (χ4n) is 5.05. The normalized spacial score (nSPS) is 14.8. The zero-order valence-electron chi connectivity index (χ0n) is 29.7. The van der Waals surface area contributed by atoms with Crippen molar-refractivity contribution in [3.8, 4) is 0 Å². The van der Waals surface area contributed by atoms with E-state index in [2.05, 4.69) is 31.9 Å². The lowest BCUT2D eigenvalue weighted by atomic mass is 9.97. The van der Waals surface area contributed by atoms with Gasteiger partial charge in [-0.15, -0.1) is 0 Å². The zero-order chi connectivity index (χ0) is 36.2. The number of carbonyl (C=O) groups is 6. The van der Waals surface area contributed by atoms with Gasteiger partial charge in [-0.2, -0.15) is 0 Å². The van der Waals surface area contributed by atoms with E-state index in [0.29, 0.717) is 32.2 Å². The van der Waals surface area contributed by atoms with Crippen molar-refractivity contribution in [3.05, 3.63) is 35.9 Å². The topological polar surface area (TPSA) is 195 Å². The van der Waals surface area contributed by atoms with E-state index in [-0.39, 0.29) is 49.5 Å². The Labute approximate surface area is 285 Å². The third kappa shape index (κ3) is 15.7. The second-order valence-corrected chi connectivity index (χ2v) is 12.7. The fraction of sp³-hybridized carbons (Fsp3) is 0.657. The number of amides is 5. The molecule has 0 heterocycles. The Morgan fingerprint density at radius 3 is 1.98 bits per heavy atom. The first-order valence-corrected chi connectivity index (χ1v) is 17.2. The van der Waals surface area contributed by atoms with E-state index in [9.17, 15) is 28.8 Å². The molecule has 48 heavy (non-hydrogen) atoms. The number of carbonyl (C=O) groups excluding carboxylic acids is 5. The van der Waals surface area contributed by atoms with Gasteiger partial charge in [0.1, 0.15) is 18.1 Å². The van der Waals surface area contributed by atoms with Gasteiger partial charge < -0.3 is 37.0 Å². The molecule has 7 N–H and O–H groups in total. The first kappa shape index (κ1) is 42.0. The van der Waals surface area contributed by atoms with Crippen LogP contribution in [0.2, 0.25) is 0 Å². The average Bonchev–Trinajstić information content (AvgIpc) is 3.04. The number of benzene rings is 1. The minimum Gasteiger partial charge on any atom is -0.481 e. The lowest BCUT2D eigenvalue weighted by Crippen LogP contribution is -2.58. The number of hydrogen-bond acceptors (Lipinski definition) is 7. The average molecular weight is 675 g/mol. The van der Waals surface area contributed by atoms with Crippen molar-refractivity contribution in [1.29, 1.82) is 0 Å². The summed E-state index contributed by atoms with van der Waals surface area (Å²) in [6, 6.07) is 6.00. The maximum absolute atomic E-state index is 13.7. The van der Waals surface area contributed by atoms with Gasteiger partial charge in [0, 0.05) is 32.0 Å². The van der Waals surface area contributed by atoms with E-state index in [0.717, 1.165) is 5.56 Å². The number of aliphatic carboxylic acids is 1. The predicted octanol–water partition coefficient (Wildman–Crippen LogP) is 2.04. The minimum absolute atomic E-state index is 0.0277. The highest BCUT2D eigenvalue weighted by Crippen LogP contribution is 2.11. The van der Waals surface area contributed by atoms with Crippen LogP contribution in [-0.2, 0) is 35.2 Å². The predicted molar refractivity (Wildman–Crippen MR) is 185 cm³/mol. The monoisotopic (exact) mass is 674 g/mol. The third-order valence-corrected chi connectivity index (χ3v) is 8.15. The van der Waals surface area contributed by atoms with Crippen molar-refractivity contribution in [1.82, 2.24) is 31.9 Å². The number of carboxylic acids is 1. The Morgan fingerprint density at radius 1 is 0.750 bits per heavy atom. The standard InChI is InChI=1S/C35H58N6O7/c1-8-15-27(39-35(48)31(23(6)9-2)40-28(42)18-14-19-29(43)44)33(46)38-26(20-25-16-12-11-13-17-25)21-37-24(7)32(45)41-30(22(4)5)34(47)36-10-3/h11-13,16-17,22-24,26-27,30-31,37H,8-10,14-15,18-21H2,1-7H3,(H,36,47)(H,38,46)(H,39,48)(H,40,42)(H,41,45)(H,43,44)/t23-,24?,26-,27?,30-,31-/m0/s1. The fourth-order valence-corrected chi connectivity index (χ4v) is 5.05. The zero-order valence-corrected chi connectivity index (χ0v) is 29.7. The minimum atomic E-state index is -0.998. The summed E-state index contributed by atoms with van der Waals surface area (Å²) in [5.41, 5.74) is 0.969. The highest BCUT2D eigenvalue weighted by atomic mass is 16.4. The van der Waals surface area contributed by atoms with Crippen LogP contribution in [0.3, 0.4) is 0 Å². The molecular formula is C35H58N6O7. The van der Waals surface area contributed by atoms with Crippen molar-refractivity contribution < 1.29 is 33.9 Å². The Morgan fingerprint density at radius 2 is 1.42 bits per heavy atom. The van der Waals surface area contributed by atoms with Gasteiger partial charge in [0.15, 0.2) is 0 Å². The van der Waals surface area contributed by atoms with Gasteiger partial charge in [-0.1, -0.05) is 77.8 Å². The SMILES string of the molecule is CCCC(NC(=O)[C@@H](NC(=O)CCCC(=O)O)[C@@H](C)CC)C(=O)N[C@H](CNC(C)C(=O)N[C@H](C(=O)NCC)C(C)C)Cc1ccccc1. The first-order valence-electron chi connectivity index (χ1n) is 17.2. The lowest BCUT2D eigenvalue weighted by Gasteiger charge is -2.28. The Hall–Kier alpha value is -4.00. The number of carboxylic acid groups (broad SMARTS) is 1. The van der Waals surface area contributed by atoms with Crippen LogP contribution < -0.4 is 31.9 Å². The molecule has 13 heteroatoms. The summed E-state index contributed by atoms with van der Waals surface area (Å²) in [5.74, 6) is -3.25. The van der Waals surface area contributed by atoms with E-state index in [1.807, 2.05) is 71.9 Å². The summed E-state index contributed by atoms with van der Waals surface area (Å²) in [6.45, 7) is 13.5. The molecule has 270 valence electrons. The molecule has 2 unspecified atom stereocenters. The van der Waals surface area contributed by atoms with Gasteiger partial charge >= 0.3 is 5.97 Å². The number of nitrogens with one attached hydrogen (secondary N) is 6. The van der Waals surface area contributed by atoms with Gasteiger partial charge in [0.25, 0.3) is 0 Å². The van der Waals surface area contributed by atoms with Crippen molar-refractivity contribution >= 4 is 35.5 Å². The van der Waals surface area contributed by atoms with Gasteiger partial charge in [-0.3, -0.25) is 28.8 Å². The van der Waals surface area contributed by atoms with E-state index < -0.39 is 53.9 Å². The van der Waals surface area contributed by atoms with Crippen LogP contribution in [0.1, 0.15) is 92.6 Å². The Bertz CT molecular complexity index is 1180. The molecule has 0 fully saturated rings. The molecule has 6 atom stereocenters. The quantitative estimate of drug-likeness (QED) is 0.0916. The molecule has 1 aromatic rings. The largest absolute Gasteiger partial charge is 0.481 e. The van der Waals surface area contributed by atoms with Gasteiger partial charge in [0.05, 0.1) is 6.04 Å². The second kappa shape index (κ2) is 22.5. The lowest BCUT2D eigenvalue weighted by molar-refractivity contribution is -0.137. The molecule has 0 aromatic heterocycles. The van der Waals surface area contributed by atoms with Crippen LogP contribution in [0, 0.1) is 11.8 Å². The van der Waals surface area contributed by atoms with Crippen LogP contribution in [0.4, 0.5) is 0 Å². The summed E-state index contributed by atoms with van der Waals surface area (Å²) >= 11 is 0. The van der Waals surface area contributed by atoms with Gasteiger partial charge in [0.2, 0.25) is 29.5 Å². The molecule has 0 radical (unpaired) electrons. The highest BCUT2D eigenvalue weighted by Gasteiger charge is 2.31. The summed E-state index contributed by atoms with van der Waals surface area (Å²) in [6.07, 6.45) is 1.99. The maximum Gasteiger partial charge on any atom is 0.303 e. The van der Waals surface area contributed by atoms with Crippen molar-refractivity contribution in [2.24, 2.45) is 11.8 Å². The number of likely N-dealkylation sites (N-methyl/N-ethyl adjacent to an activating group) is 1. The molecule has 0 saturated carbocycles. The summed E-state index contributed by atoms with van der Waals surface area (Å²) in [4.78, 5) is 76.0. The molecule has 1 rings (SSSR count). The molecule has 0 bridgehead atoms. The van der Waals surface area contributed by atoms with E-state index >= 15 is 0 Å². The summed E-state index contributed by atoms with van der Waals surface area (Å²) in [7, 11) is 0. The van der Waals surface area contributed by atoms with Gasteiger partial charge in [-0.25, -0.2) is 0 Å². The maximum atomic E-state index is 13.7. The molecule has 0 aliphatic heterocycles. The molecule has 0 aliphatic carbocycles. The van der Waals surface area contributed by atoms with Crippen molar-refractivity contribution in [2.75, 3.05) is 13.1 Å². The number of rotatable bonds is 23. The van der Waals surface area contributed by atoms with Crippen molar-refractivity contribution in [3.63, 3.8) is 0 Å². The molecule has 0 saturated heterocycles. The summed E-state index contributed by atoms with van der Waals surface area (Å²) in [5, 5.41) is 26.2. The summed E-state index contributed by atoms with van der Waals surface area (Å²) < 4.78 is 0. The molecular weight excluding hydrogens is 616 g/mol. The second-order valence-electron chi connectivity index (χ2n) is 12.7. The third-order valence-electron chi connectivity index (χ3n) is 8.15.